The molecule has 0 saturated heterocycles. The van der Waals surface area contributed by atoms with Crippen LogP contribution in [0.1, 0.15) is 21.5 Å². The van der Waals surface area contributed by atoms with Crippen LogP contribution in [-0.4, -0.2) is 34.8 Å². The van der Waals surface area contributed by atoms with Gasteiger partial charge < -0.3 is 13.7 Å². The van der Waals surface area contributed by atoms with Gasteiger partial charge in [0, 0.05) is 5.56 Å². The largest absolute Gasteiger partial charge is 0.497 e. The van der Waals surface area contributed by atoms with E-state index in [-0.39, 0.29) is 22.3 Å². The first kappa shape index (κ1) is 22.8. The fourth-order valence-corrected chi connectivity index (χ4v) is 3.62. The molecule has 9 heteroatoms. The molecule has 0 aliphatic carbocycles. The molecule has 0 aliphatic rings. The van der Waals surface area contributed by atoms with Crippen LogP contribution in [0.25, 0.3) is 0 Å². The molecule has 0 fully saturated rings. The van der Waals surface area contributed by atoms with Gasteiger partial charge in [0.15, 0.2) is 11.5 Å². The fraction of sp³-hybridized carbons (Fsp3) is 0.130. The average Bonchev–Trinajstić information content (AvgIpc) is 2.80. The summed E-state index contributed by atoms with van der Waals surface area (Å²) in [5.74, 6) is 0.488. The van der Waals surface area contributed by atoms with Crippen molar-refractivity contribution in [3.8, 4) is 17.2 Å². The molecule has 0 atom stereocenters. The zero-order valence-corrected chi connectivity index (χ0v) is 18.5. The molecule has 0 aliphatic heterocycles. The molecule has 1 amide bonds. The van der Waals surface area contributed by atoms with Crippen molar-refractivity contribution in [2.75, 3.05) is 14.2 Å². The Morgan fingerprint density at radius 1 is 0.906 bits per heavy atom. The summed E-state index contributed by atoms with van der Waals surface area (Å²) in [7, 11) is -1.08. The van der Waals surface area contributed by atoms with Gasteiger partial charge in [0.05, 0.1) is 20.4 Å². The second-order valence-corrected chi connectivity index (χ2v) is 8.23. The lowest BCUT2D eigenvalue weighted by molar-refractivity contribution is 0.0955. The zero-order chi connectivity index (χ0) is 23.1. The molecule has 0 unspecified atom stereocenters. The highest BCUT2D eigenvalue weighted by Crippen LogP contribution is 2.30. The smallest absolute Gasteiger partial charge is 0.339 e. The van der Waals surface area contributed by atoms with E-state index < -0.39 is 10.1 Å². The van der Waals surface area contributed by atoms with Crippen LogP contribution in [0.4, 0.5) is 0 Å². The maximum atomic E-state index is 12.5. The van der Waals surface area contributed by atoms with Gasteiger partial charge in [0.1, 0.15) is 10.6 Å². The van der Waals surface area contributed by atoms with Crippen molar-refractivity contribution in [2.24, 2.45) is 5.10 Å². The highest BCUT2D eigenvalue weighted by Gasteiger charge is 2.19. The molecule has 166 valence electrons. The highest BCUT2D eigenvalue weighted by molar-refractivity contribution is 7.87. The van der Waals surface area contributed by atoms with E-state index in [1.165, 1.54) is 31.5 Å². The number of hydrogen-bond acceptors (Lipinski definition) is 7. The van der Waals surface area contributed by atoms with Crippen LogP contribution in [-0.2, 0) is 10.1 Å². The van der Waals surface area contributed by atoms with Crippen molar-refractivity contribution < 1.29 is 26.9 Å². The normalized spacial score (nSPS) is 11.2. The van der Waals surface area contributed by atoms with Crippen LogP contribution in [0, 0.1) is 6.92 Å². The minimum Gasteiger partial charge on any atom is -0.497 e. The predicted molar refractivity (Wildman–Crippen MR) is 120 cm³/mol. The predicted octanol–water partition coefficient (Wildman–Crippen LogP) is 3.54. The van der Waals surface area contributed by atoms with Gasteiger partial charge >= 0.3 is 10.1 Å². The number of hydrogen-bond donors (Lipinski definition) is 1. The molecule has 32 heavy (non-hydrogen) atoms. The Bertz CT molecular complexity index is 1220. The Balaban J connectivity index is 1.70. The molecular formula is C23H22N2O6S. The maximum absolute atomic E-state index is 12.5. The summed E-state index contributed by atoms with van der Waals surface area (Å²) in [4.78, 5) is 12.2. The lowest BCUT2D eigenvalue weighted by Gasteiger charge is -2.11. The summed E-state index contributed by atoms with van der Waals surface area (Å²) in [5, 5.41) is 3.93. The van der Waals surface area contributed by atoms with E-state index in [4.69, 9.17) is 13.7 Å². The number of carbonyl (C=O) groups excluding carboxylic acids is 1. The lowest BCUT2D eigenvalue weighted by atomic mass is 10.2. The number of nitrogens with zero attached hydrogens (tertiary/aromatic N) is 1. The van der Waals surface area contributed by atoms with E-state index in [9.17, 15) is 13.2 Å². The number of rotatable bonds is 8. The Labute approximate surface area is 186 Å². The summed E-state index contributed by atoms with van der Waals surface area (Å²) >= 11 is 0. The lowest BCUT2D eigenvalue weighted by Crippen LogP contribution is -2.17. The number of carbonyl (C=O) groups is 1. The summed E-state index contributed by atoms with van der Waals surface area (Å²) in [6, 6.07) is 17.5. The van der Waals surface area contributed by atoms with E-state index in [2.05, 4.69) is 10.5 Å². The van der Waals surface area contributed by atoms with Crippen LogP contribution < -0.4 is 19.1 Å². The number of hydrazone groups is 1. The van der Waals surface area contributed by atoms with Crippen molar-refractivity contribution in [2.45, 2.75) is 11.8 Å². The molecular weight excluding hydrogens is 432 g/mol. The molecule has 0 saturated carbocycles. The first-order chi connectivity index (χ1) is 15.3. The van der Waals surface area contributed by atoms with E-state index in [1.54, 1.807) is 55.6 Å². The van der Waals surface area contributed by atoms with Crippen molar-refractivity contribution >= 4 is 22.2 Å². The van der Waals surface area contributed by atoms with Gasteiger partial charge in [-0.3, -0.25) is 4.79 Å². The van der Waals surface area contributed by atoms with Crippen LogP contribution in [0.15, 0.2) is 76.7 Å². The number of amides is 1. The van der Waals surface area contributed by atoms with Crippen molar-refractivity contribution in [3.63, 3.8) is 0 Å². The second kappa shape index (κ2) is 9.97. The topological polar surface area (TPSA) is 103 Å². The third kappa shape index (κ3) is 5.64. The third-order valence-electron chi connectivity index (χ3n) is 4.43. The maximum Gasteiger partial charge on any atom is 0.339 e. The van der Waals surface area contributed by atoms with Gasteiger partial charge in [-0.1, -0.05) is 17.7 Å². The Hall–Kier alpha value is -3.85. The van der Waals surface area contributed by atoms with Crippen molar-refractivity contribution in [1.82, 2.24) is 5.43 Å². The average molecular weight is 455 g/mol. The SMILES string of the molecule is COc1ccc(C(=O)N/N=C/c2ccc(OS(=O)(=O)c3ccc(C)cc3)c(OC)c2)cc1. The summed E-state index contributed by atoms with van der Waals surface area (Å²) in [6.45, 7) is 1.86. The van der Waals surface area contributed by atoms with Crippen molar-refractivity contribution in [1.29, 1.82) is 0 Å². The van der Waals surface area contributed by atoms with E-state index >= 15 is 0 Å². The van der Waals surface area contributed by atoms with E-state index in [1.807, 2.05) is 6.92 Å². The van der Waals surface area contributed by atoms with Gasteiger partial charge in [-0.05, 0) is 67.1 Å². The molecule has 3 aromatic carbocycles. The van der Waals surface area contributed by atoms with Crippen molar-refractivity contribution in [3.05, 3.63) is 83.4 Å². The van der Waals surface area contributed by atoms with Crippen LogP contribution in [0.2, 0.25) is 0 Å². The van der Waals surface area contributed by atoms with Crippen LogP contribution in [0.5, 0.6) is 17.2 Å². The Morgan fingerprint density at radius 2 is 1.59 bits per heavy atom. The number of ether oxygens (including phenoxy) is 2. The molecule has 8 nitrogen and oxygen atoms in total. The summed E-state index contributed by atoms with van der Waals surface area (Å²) in [5.41, 5.74) is 4.35. The molecule has 0 spiro atoms. The number of aryl methyl sites for hydroxylation is 1. The van der Waals surface area contributed by atoms with Gasteiger partial charge in [0.2, 0.25) is 0 Å². The minimum absolute atomic E-state index is 0.0347. The molecule has 0 aromatic heterocycles. The monoisotopic (exact) mass is 454 g/mol. The summed E-state index contributed by atoms with van der Waals surface area (Å²) in [6.07, 6.45) is 1.40. The highest BCUT2D eigenvalue weighted by atomic mass is 32.2. The van der Waals surface area contributed by atoms with Crippen LogP contribution >= 0.6 is 0 Å². The van der Waals surface area contributed by atoms with Gasteiger partial charge in [-0.15, -0.1) is 0 Å². The molecule has 3 aromatic rings. The molecule has 1 N–H and O–H groups in total. The second-order valence-electron chi connectivity index (χ2n) is 6.69. The third-order valence-corrected chi connectivity index (χ3v) is 5.68. The fourth-order valence-electron chi connectivity index (χ4n) is 2.68. The molecule has 0 bridgehead atoms. The zero-order valence-electron chi connectivity index (χ0n) is 17.7. The first-order valence-electron chi connectivity index (χ1n) is 9.49. The first-order valence-corrected chi connectivity index (χ1v) is 10.9. The minimum atomic E-state index is -4.02. The Morgan fingerprint density at radius 3 is 2.22 bits per heavy atom. The number of benzene rings is 3. The molecule has 3 rings (SSSR count). The molecule has 0 heterocycles. The quantitative estimate of drug-likeness (QED) is 0.317. The standard InChI is InChI=1S/C23H22N2O6S/c1-16-4-11-20(12-5-16)32(27,28)31-21-13-6-17(14-22(21)30-3)15-24-25-23(26)18-7-9-19(29-2)10-8-18/h4-15H,1-3H3,(H,25,26)/b24-15+. The van der Waals surface area contributed by atoms with Gasteiger partial charge in [0.25, 0.3) is 5.91 Å². The number of nitrogens with one attached hydrogen (secondary N) is 1. The summed E-state index contributed by atoms with van der Waals surface area (Å²) < 4.78 is 40.6. The number of methoxy groups -OCH3 is 2. The van der Waals surface area contributed by atoms with Gasteiger partial charge in [-0.2, -0.15) is 13.5 Å². The van der Waals surface area contributed by atoms with Gasteiger partial charge in [-0.25, -0.2) is 5.43 Å². The van der Waals surface area contributed by atoms with E-state index in [0.717, 1.165) is 5.56 Å². The Kier molecular flexibility index (Phi) is 7.11. The van der Waals surface area contributed by atoms with Crippen LogP contribution in [0.3, 0.4) is 0 Å². The molecule has 0 radical (unpaired) electrons. The van der Waals surface area contributed by atoms with E-state index in [0.29, 0.717) is 16.9 Å².